The number of nitrogens with zero attached hydrogens (tertiary/aromatic N) is 1. The van der Waals surface area contributed by atoms with E-state index in [-0.39, 0.29) is 11.5 Å². The van der Waals surface area contributed by atoms with Gasteiger partial charge >= 0.3 is 0 Å². The third-order valence-corrected chi connectivity index (χ3v) is 3.24. The number of hydrogen-bond donors (Lipinski definition) is 1. The van der Waals surface area contributed by atoms with Gasteiger partial charge in [0.2, 0.25) is 0 Å². The summed E-state index contributed by atoms with van der Waals surface area (Å²) >= 11 is 0. The Bertz CT molecular complexity index is 349. The molecule has 76 valence electrons. The number of pyridine rings is 1. The van der Waals surface area contributed by atoms with Crippen molar-refractivity contribution in [1.29, 1.82) is 0 Å². The fraction of sp³-hybridized carbons (Fsp3) is 0.545. The summed E-state index contributed by atoms with van der Waals surface area (Å²) in [5.74, 6) is 1.22. The minimum atomic E-state index is 0.202. The lowest BCUT2D eigenvalue weighted by Gasteiger charge is -2.04. The second-order valence-corrected chi connectivity index (χ2v) is 4.48. The van der Waals surface area contributed by atoms with E-state index in [1.54, 1.807) is 13.3 Å². The molecule has 0 spiro atoms. The maximum absolute atomic E-state index is 6.00. The summed E-state index contributed by atoms with van der Waals surface area (Å²) in [5.41, 5.74) is 7.38. The molecule has 2 N–H and O–H groups in total. The van der Waals surface area contributed by atoms with Crippen LogP contribution in [0.4, 0.5) is 0 Å². The van der Waals surface area contributed by atoms with Gasteiger partial charge in [-0.05, 0) is 17.0 Å². The molecule has 0 amide bonds. The smallest absolute Gasteiger partial charge is 0.137 e. The zero-order chi connectivity index (χ0) is 10.3. The third-order valence-electron chi connectivity index (χ3n) is 3.24. The third kappa shape index (κ3) is 1.28. The van der Waals surface area contributed by atoms with Gasteiger partial charge < -0.3 is 10.5 Å². The SMILES string of the molecule is COc1cncc(C2C(N)C2(C)C)c1. The summed E-state index contributed by atoms with van der Waals surface area (Å²) in [5, 5.41) is 0. The predicted molar refractivity (Wildman–Crippen MR) is 55.3 cm³/mol. The largest absolute Gasteiger partial charge is 0.495 e. The standard InChI is InChI=1S/C11H16N2O/c1-11(2)9(10(11)12)7-4-8(14-3)6-13-5-7/h4-6,9-10H,12H2,1-3H3. The van der Waals surface area contributed by atoms with E-state index in [2.05, 4.69) is 18.8 Å². The maximum Gasteiger partial charge on any atom is 0.137 e. The number of hydrogen-bond acceptors (Lipinski definition) is 3. The molecular weight excluding hydrogens is 176 g/mol. The lowest BCUT2D eigenvalue weighted by molar-refractivity contribution is 0.412. The maximum atomic E-state index is 6.00. The summed E-state index contributed by atoms with van der Waals surface area (Å²) in [7, 11) is 1.65. The fourth-order valence-corrected chi connectivity index (χ4v) is 2.03. The summed E-state index contributed by atoms with van der Waals surface area (Å²) in [4.78, 5) is 4.14. The molecule has 1 fully saturated rings. The highest BCUT2D eigenvalue weighted by molar-refractivity contribution is 5.36. The Kier molecular flexibility index (Phi) is 2.00. The molecule has 1 aromatic heterocycles. The van der Waals surface area contributed by atoms with Crippen LogP contribution in [0.25, 0.3) is 0 Å². The summed E-state index contributed by atoms with van der Waals surface area (Å²) < 4.78 is 5.13. The first-order chi connectivity index (χ1) is 6.57. The van der Waals surface area contributed by atoms with Gasteiger partial charge in [-0.25, -0.2) is 0 Å². The van der Waals surface area contributed by atoms with Crippen LogP contribution in [-0.2, 0) is 0 Å². The van der Waals surface area contributed by atoms with Crippen LogP contribution in [0.5, 0.6) is 5.75 Å². The van der Waals surface area contributed by atoms with Gasteiger partial charge in [-0.15, -0.1) is 0 Å². The summed E-state index contributed by atoms with van der Waals surface area (Å²) in [6, 6.07) is 2.27. The van der Waals surface area contributed by atoms with Crippen molar-refractivity contribution in [3.63, 3.8) is 0 Å². The number of ether oxygens (including phenoxy) is 1. The van der Waals surface area contributed by atoms with Crippen molar-refractivity contribution in [2.24, 2.45) is 11.1 Å². The molecule has 0 aliphatic heterocycles. The van der Waals surface area contributed by atoms with Gasteiger partial charge in [0.25, 0.3) is 0 Å². The molecule has 14 heavy (non-hydrogen) atoms. The van der Waals surface area contributed by atoms with Crippen molar-refractivity contribution in [3.8, 4) is 5.75 Å². The quantitative estimate of drug-likeness (QED) is 0.773. The van der Waals surface area contributed by atoms with Gasteiger partial charge in [-0.1, -0.05) is 13.8 Å². The predicted octanol–water partition coefficient (Wildman–Crippen LogP) is 1.54. The Labute approximate surface area is 84.3 Å². The van der Waals surface area contributed by atoms with Crippen LogP contribution in [-0.4, -0.2) is 18.1 Å². The Balaban J connectivity index is 2.26. The van der Waals surface area contributed by atoms with E-state index < -0.39 is 0 Å². The van der Waals surface area contributed by atoms with E-state index in [0.29, 0.717) is 5.92 Å². The molecule has 3 heteroatoms. The van der Waals surface area contributed by atoms with Gasteiger partial charge in [0, 0.05) is 18.2 Å². The molecule has 1 saturated carbocycles. The lowest BCUT2D eigenvalue weighted by Crippen LogP contribution is -2.06. The van der Waals surface area contributed by atoms with Crippen LogP contribution in [0, 0.1) is 5.41 Å². The molecule has 0 saturated heterocycles. The van der Waals surface area contributed by atoms with Crippen LogP contribution in [0.2, 0.25) is 0 Å². The minimum absolute atomic E-state index is 0.202. The Morgan fingerprint density at radius 3 is 2.57 bits per heavy atom. The molecule has 0 radical (unpaired) electrons. The number of nitrogens with two attached hydrogens (primary N) is 1. The molecule has 2 unspecified atom stereocenters. The van der Waals surface area contributed by atoms with E-state index in [1.807, 2.05) is 12.3 Å². The first-order valence-electron chi connectivity index (χ1n) is 4.82. The highest BCUT2D eigenvalue weighted by Crippen LogP contribution is 2.57. The van der Waals surface area contributed by atoms with Gasteiger partial charge in [-0.3, -0.25) is 4.98 Å². The average molecular weight is 192 g/mol. The normalized spacial score (nSPS) is 28.6. The molecule has 1 aromatic rings. The minimum Gasteiger partial charge on any atom is -0.495 e. The fourth-order valence-electron chi connectivity index (χ4n) is 2.03. The Hall–Kier alpha value is -1.09. The molecule has 1 heterocycles. The van der Waals surface area contributed by atoms with E-state index in [9.17, 15) is 0 Å². The van der Waals surface area contributed by atoms with Crippen LogP contribution >= 0.6 is 0 Å². The molecule has 1 aliphatic carbocycles. The Morgan fingerprint density at radius 2 is 2.07 bits per heavy atom. The first-order valence-corrected chi connectivity index (χ1v) is 4.82. The molecule has 2 atom stereocenters. The topological polar surface area (TPSA) is 48.1 Å². The van der Waals surface area contributed by atoms with E-state index in [0.717, 1.165) is 5.75 Å². The number of methoxy groups -OCH3 is 1. The van der Waals surface area contributed by atoms with Crippen molar-refractivity contribution in [2.75, 3.05) is 7.11 Å². The van der Waals surface area contributed by atoms with E-state index in [4.69, 9.17) is 10.5 Å². The highest BCUT2D eigenvalue weighted by Gasteiger charge is 2.56. The second kappa shape index (κ2) is 2.95. The van der Waals surface area contributed by atoms with E-state index in [1.165, 1.54) is 5.56 Å². The van der Waals surface area contributed by atoms with Crippen LogP contribution in [0.3, 0.4) is 0 Å². The van der Waals surface area contributed by atoms with Gasteiger partial charge in [0.1, 0.15) is 5.75 Å². The van der Waals surface area contributed by atoms with Crippen LogP contribution in [0.1, 0.15) is 25.3 Å². The summed E-state index contributed by atoms with van der Waals surface area (Å²) in [6.45, 7) is 4.36. The molecule has 3 nitrogen and oxygen atoms in total. The Morgan fingerprint density at radius 1 is 1.43 bits per heavy atom. The van der Waals surface area contributed by atoms with Crippen LogP contribution < -0.4 is 10.5 Å². The summed E-state index contributed by atoms with van der Waals surface area (Å²) in [6.07, 6.45) is 3.59. The zero-order valence-electron chi connectivity index (χ0n) is 8.82. The lowest BCUT2D eigenvalue weighted by atomic mass is 10.0. The second-order valence-electron chi connectivity index (χ2n) is 4.48. The molecule has 0 bridgehead atoms. The molecule has 1 aliphatic rings. The van der Waals surface area contributed by atoms with Crippen molar-refractivity contribution in [3.05, 3.63) is 24.0 Å². The first kappa shape index (κ1) is 9.46. The van der Waals surface area contributed by atoms with E-state index >= 15 is 0 Å². The van der Waals surface area contributed by atoms with Crippen LogP contribution in [0.15, 0.2) is 18.5 Å². The number of rotatable bonds is 2. The van der Waals surface area contributed by atoms with Gasteiger partial charge in [-0.2, -0.15) is 0 Å². The zero-order valence-corrected chi connectivity index (χ0v) is 8.82. The molecule has 2 rings (SSSR count). The van der Waals surface area contributed by atoms with Crippen molar-refractivity contribution >= 4 is 0 Å². The highest BCUT2D eigenvalue weighted by atomic mass is 16.5. The van der Waals surface area contributed by atoms with Gasteiger partial charge in [0.15, 0.2) is 0 Å². The monoisotopic (exact) mass is 192 g/mol. The molecule has 0 aromatic carbocycles. The van der Waals surface area contributed by atoms with Crippen molar-refractivity contribution < 1.29 is 4.74 Å². The molecular formula is C11H16N2O. The average Bonchev–Trinajstić information content (AvgIpc) is 2.66. The van der Waals surface area contributed by atoms with Crippen molar-refractivity contribution in [2.45, 2.75) is 25.8 Å². The number of aromatic nitrogens is 1. The van der Waals surface area contributed by atoms with Gasteiger partial charge in [0.05, 0.1) is 13.3 Å². The van der Waals surface area contributed by atoms with Crippen molar-refractivity contribution in [1.82, 2.24) is 4.98 Å².